The smallest absolute Gasteiger partial charge is 0.264 e. The average molecular weight is 356 g/mol. The van der Waals surface area contributed by atoms with Crippen molar-refractivity contribution >= 4 is 27.5 Å². The van der Waals surface area contributed by atoms with E-state index in [1.165, 1.54) is 11.3 Å². The summed E-state index contributed by atoms with van der Waals surface area (Å²) < 4.78 is 1.85. The molecule has 3 aromatic rings. The highest BCUT2D eigenvalue weighted by Gasteiger charge is 2.21. The summed E-state index contributed by atoms with van der Waals surface area (Å²) in [5.74, 6) is 0.0892. The molecule has 0 unspecified atom stereocenters. The van der Waals surface area contributed by atoms with Crippen LogP contribution >= 0.6 is 11.3 Å². The number of carbonyl (C=O) groups excluding carboxylic acids is 1. The van der Waals surface area contributed by atoms with Crippen LogP contribution in [0.4, 0.5) is 0 Å². The normalized spacial score (nSPS) is 11.4. The van der Waals surface area contributed by atoms with Gasteiger partial charge in [0.2, 0.25) is 0 Å². The first-order valence-corrected chi connectivity index (χ1v) is 9.18. The highest BCUT2D eigenvalue weighted by atomic mass is 32.1. The Morgan fingerprint density at radius 3 is 2.56 bits per heavy atom. The van der Waals surface area contributed by atoms with Crippen LogP contribution in [0.3, 0.4) is 0 Å². The van der Waals surface area contributed by atoms with E-state index < -0.39 is 0 Å². The zero-order valence-electron chi connectivity index (χ0n) is 15.2. The maximum absolute atomic E-state index is 13.1. The van der Waals surface area contributed by atoms with Gasteiger partial charge in [-0.15, -0.1) is 11.3 Å². The molecule has 0 atom stereocenters. The average Bonchev–Trinajstić information content (AvgIpc) is 3.13. The summed E-state index contributed by atoms with van der Waals surface area (Å²) >= 11 is 1.52. The van der Waals surface area contributed by atoms with Crippen molar-refractivity contribution in [1.82, 2.24) is 19.6 Å². The topological polar surface area (TPSA) is 41.4 Å². The van der Waals surface area contributed by atoms with Crippen molar-refractivity contribution in [2.45, 2.75) is 13.5 Å². The number of nitrogens with zero attached hydrogens (tertiary/aromatic N) is 4. The molecule has 0 fully saturated rings. The van der Waals surface area contributed by atoms with Gasteiger partial charge in [-0.2, -0.15) is 5.10 Å². The summed E-state index contributed by atoms with van der Waals surface area (Å²) in [6, 6.07) is 12.1. The Labute approximate surface area is 152 Å². The van der Waals surface area contributed by atoms with Gasteiger partial charge in [-0.05, 0) is 32.6 Å². The molecule has 0 aliphatic carbocycles. The summed E-state index contributed by atoms with van der Waals surface area (Å²) in [5, 5.41) is 5.49. The number of fused-ring (bicyclic) bond motifs is 1. The minimum atomic E-state index is 0.0892. The standard InChI is InChI=1S/C19H24N4OS/c1-14-16-12-17(25-19(16)22(4)20-14)18(24)23(11-10-21(2)3)13-15-8-6-5-7-9-15/h5-9,12H,10-11,13H2,1-4H3. The number of carbonyl (C=O) groups is 1. The third-order valence-electron chi connectivity index (χ3n) is 4.23. The van der Waals surface area contributed by atoms with E-state index >= 15 is 0 Å². The fraction of sp³-hybridized carbons (Fsp3) is 0.368. The lowest BCUT2D eigenvalue weighted by atomic mass is 10.2. The van der Waals surface area contributed by atoms with E-state index in [0.717, 1.165) is 32.9 Å². The van der Waals surface area contributed by atoms with Gasteiger partial charge in [0.25, 0.3) is 5.91 Å². The van der Waals surface area contributed by atoms with Crippen molar-refractivity contribution in [3.05, 3.63) is 52.5 Å². The van der Waals surface area contributed by atoms with E-state index in [0.29, 0.717) is 13.1 Å². The lowest BCUT2D eigenvalue weighted by Crippen LogP contribution is -2.35. The van der Waals surface area contributed by atoms with Gasteiger partial charge in [0, 0.05) is 32.1 Å². The number of thiophene rings is 1. The third kappa shape index (κ3) is 3.91. The van der Waals surface area contributed by atoms with Crippen LogP contribution in [0.2, 0.25) is 0 Å². The minimum Gasteiger partial charge on any atom is -0.332 e. The Morgan fingerprint density at radius 2 is 1.92 bits per heavy atom. The largest absolute Gasteiger partial charge is 0.332 e. The van der Waals surface area contributed by atoms with Gasteiger partial charge in [0.1, 0.15) is 4.83 Å². The van der Waals surface area contributed by atoms with E-state index in [2.05, 4.69) is 22.1 Å². The third-order valence-corrected chi connectivity index (χ3v) is 5.42. The van der Waals surface area contributed by atoms with Gasteiger partial charge in [0.05, 0.1) is 10.6 Å². The maximum Gasteiger partial charge on any atom is 0.264 e. The molecule has 1 amide bonds. The second-order valence-electron chi connectivity index (χ2n) is 6.55. The number of likely N-dealkylation sites (N-methyl/N-ethyl adjacent to an activating group) is 1. The molecule has 3 rings (SSSR count). The molecule has 5 nitrogen and oxygen atoms in total. The first kappa shape index (κ1) is 17.6. The van der Waals surface area contributed by atoms with Crippen LogP contribution in [0.15, 0.2) is 36.4 Å². The molecule has 0 saturated heterocycles. The Bertz CT molecular complexity index is 832. The Kier molecular flexibility index (Phi) is 5.20. The number of hydrogen-bond donors (Lipinski definition) is 0. The van der Waals surface area contributed by atoms with Crippen LogP contribution in [0, 0.1) is 6.92 Å². The molecule has 0 bridgehead atoms. The molecule has 0 aliphatic rings. The van der Waals surface area contributed by atoms with Gasteiger partial charge >= 0.3 is 0 Å². The van der Waals surface area contributed by atoms with Crippen molar-refractivity contribution in [3.8, 4) is 0 Å². The molecule has 6 heteroatoms. The monoisotopic (exact) mass is 356 g/mol. The Hall–Kier alpha value is -2.18. The molecule has 0 saturated carbocycles. The zero-order chi connectivity index (χ0) is 18.0. The SMILES string of the molecule is Cc1nn(C)c2sc(C(=O)N(CCN(C)C)Cc3ccccc3)cc12. The van der Waals surface area contributed by atoms with Crippen molar-refractivity contribution in [1.29, 1.82) is 0 Å². The first-order valence-electron chi connectivity index (χ1n) is 8.37. The number of benzene rings is 1. The predicted octanol–water partition coefficient (Wildman–Crippen LogP) is 3.15. The van der Waals surface area contributed by atoms with Gasteiger partial charge in [-0.3, -0.25) is 9.48 Å². The Morgan fingerprint density at radius 1 is 1.20 bits per heavy atom. The molecule has 2 heterocycles. The van der Waals surface area contributed by atoms with Crippen LogP contribution in [0.25, 0.3) is 10.2 Å². The van der Waals surface area contributed by atoms with Gasteiger partial charge < -0.3 is 9.80 Å². The molecule has 25 heavy (non-hydrogen) atoms. The van der Waals surface area contributed by atoms with E-state index in [1.54, 1.807) is 0 Å². The molecule has 0 radical (unpaired) electrons. The van der Waals surface area contributed by atoms with Crippen LogP contribution in [-0.4, -0.2) is 52.7 Å². The summed E-state index contributed by atoms with van der Waals surface area (Å²) in [4.78, 5) is 19.0. The van der Waals surface area contributed by atoms with Crippen molar-refractivity contribution in [3.63, 3.8) is 0 Å². The highest BCUT2D eigenvalue weighted by Crippen LogP contribution is 2.28. The van der Waals surface area contributed by atoms with Gasteiger partial charge in [-0.25, -0.2) is 0 Å². The second kappa shape index (κ2) is 7.37. The lowest BCUT2D eigenvalue weighted by molar-refractivity contribution is 0.0737. The van der Waals surface area contributed by atoms with Crippen LogP contribution in [0.1, 0.15) is 20.9 Å². The summed E-state index contributed by atoms with van der Waals surface area (Å²) in [7, 11) is 5.98. The molecule has 0 spiro atoms. The maximum atomic E-state index is 13.1. The predicted molar refractivity (Wildman–Crippen MR) is 103 cm³/mol. The molecule has 0 N–H and O–H groups in total. The zero-order valence-corrected chi connectivity index (χ0v) is 16.0. The van der Waals surface area contributed by atoms with Crippen LogP contribution < -0.4 is 0 Å². The van der Waals surface area contributed by atoms with E-state index in [1.807, 2.05) is 61.9 Å². The first-order chi connectivity index (χ1) is 12.0. The molecule has 2 aromatic heterocycles. The van der Waals surface area contributed by atoms with E-state index in [4.69, 9.17) is 0 Å². The van der Waals surface area contributed by atoms with Crippen molar-refractivity contribution in [2.24, 2.45) is 7.05 Å². The van der Waals surface area contributed by atoms with Crippen molar-refractivity contribution in [2.75, 3.05) is 27.2 Å². The van der Waals surface area contributed by atoms with Gasteiger partial charge in [0.15, 0.2) is 0 Å². The number of amides is 1. The fourth-order valence-corrected chi connectivity index (χ4v) is 3.93. The number of rotatable bonds is 6. The van der Waals surface area contributed by atoms with Gasteiger partial charge in [-0.1, -0.05) is 30.3 Å². The molecule has 1 aromatic carbocycles. The quantitative estimate of drug-likeness (QED) is 0.681. The summed E-state index contributed by atoms with van der Waals surface area (Å²) in [6.45, 7) is 4.15. The van der Waals surface area contributed by atoms with Crippen LogP contribution in [-0.2, 0) is 13.6 Å². The molecular formula is C19H24N4OS. The summed E-state index contributed by atoms with van der Waals surface area (Å²) in [5.41, 5.74) is 2.12. The number of aromatic nitrogens is 2. The molecular weight excluding hydrogens is 332 g/mol. The minimum absolute atomic E-state index is 0.0892. The van der Waals surface area contributed by atoms with E-state index in [9.17, 15) is 4.79 Å². The fourth-order valence-electron chi connectivity index (χ4n) is 2.84. The summed E-state index contributed by atoms with van der Waals surface area (Å²) in [6.07, 6.45) is 0. The molecule has 132 valence electrons. The Balaban J connectivity index is 1.87. The number of aryl methyl sites for hydroxylation is 2. The molecule has 0 aliphatic heterocycles. The van der Waals surface area contributed by atoms with E-state index in [-0.39, 0.29) is 5.91 Å². The lowest BCUT2D eigenvalue weighted by Gasteiger charge is -2.24. The number of hydrogen-bond acceptors (Lipinski definition) is 4. The highest BCUT2D eigenvalue weighted by molar-refractivity contribution is 7.20. The second-order valence-corrected chi connectivity index (χ2v) is 7.58. The van der Waals surface area contributed by atoms with Crippen LogP contribution in [0.5, 0.6) is 0 Å². The van der Waals surface area contributed by atoms with Crippen molar-refractivity contribution < 1.29 is 4.79 Å².